The van der Waals surface area contributed by atoms with Crippen LogP contribution in [-0.2, 0) is 4.79 Å². The quantitative estimate of drug-likeness (QED) is 0.244. The van der Waals surface area contributed by atoms with E-state index in [0.717, 1.165) is 48.9 Å². The molecule has 0 aliphatic carbocycles. The molecule has 2 fully saturated rings. The van der Waals surface area contributed by atoms with Crippen molar-refractivity contribution in [2.75, 3.05) is 41.7 Å². The number of aromatic nitrogens is 4. The molecule has 0 bridgehead atoms. The third kappa shape index (κ3) is 7.62. The van der Waals surface area contributed by atoms with E-state index in [1.165, 1.54) is 23.9 Å². The highest BCUT2D eigenvalue weighted by Gasteiger charge is 2.32. The van der Waals surface area contributed by atoms with Crippen molar-refractivity contribution in [3.05, 3.63) is 42.1 Å². The average Bonchev–Trinajstić information content (AvgIpc) is 3.51. The van der Waals surface area contributed by atoms with Crippen LogP contribution in [0.1, 0.15) is 31.4 Å². The maximum Gasteiger partial charge on any atom is 0.397 e. The zero-order valence-corrected chi connectivity index (χ0v) is 22.7. The van der Waals surface area contributed by atoms with Gasteiger partial charge in [-0.2, -0.15) is 18.3 Å². The Morgan fingerprint density at radius 1 is 1.07 bits per heavy atom. The zero-order valence-electron chi connectivity index (χ0n) is 21.8. The number of likely N-dealkylation sites (tertiary alicyclic amines) is 1. The number of piperidine rings is 1. The van der Waals surface area contributed by atoms with E-state index in [-0.39, 0.29) is 5.69 Å². The summed E-state index contributed by atoms with van der Waals surface area (Å²) in [5.74, 6) is 0.820. The van der Waals surface area contributed by atoms with E-state index in [0.29, 0.717) is 35.8 Å². The molecule has 1 aromatic carbocycles. The van der Waals surface area contributed by atoms with Crippen LogP contribution in [-0.4, -0.2) is 75.5 Å². The normalized spacial score (nSPS) is 18.7. The summed E-state index contributed by atoms with van der Waals surface area (Å²) in [4.78, 5) is 26.2. The molecule has 1 unspecified atom stereocenters. The van der Waals surface area contributed by atoms with Crippen molar-refractivity contribution >= 4 is 40.8 Å². The topological polar surface area (TPSA) is 102 Å². The molecule has 2 aromatic heterocycles. The number of benzene rings is 1. The zero-order chi connectivity index (χ0) is 28.3. The van der Waals surface area contributed by atoms with Gasteiger partial charge in [0, 0.05) is 60.6 Å². The minimum Gasteiger partial charge on any atom is -0.356 e. The lowest BCUT2D eigenvalue weighted by molar-refractivity contribution is -0.150. The minimum atomic E-state index is -4.57. The standard InChI is InChI=1S/C26H30F4N8OS/c1-16-12-22(36-35-16)32-21-13-23(37-10-7-19(8-11-37)38-9-6-17(27)15-38)34-25(33-21)40-20-4-2-18(3-5-20)31-24(39)14-26(28,29)30/h2-5,12-13,17,19H,6-11,14-15H2,1H3,(H,31,39)(H2,32,33,34,35,36). The summed E-state index contributed by atoms with van der Waals surface area (Å²) >= 11 is 1.29. The smallest absolute Gasteiger partial charge is 0.356 e. The lowest BCUT2D eigenvalue weighted by Gasteiger charge is -2.37. The number of amides is 1. The van der Waals surface area contributed by atoms with Crippen LogP contribution in [0, 0.1) is 6.92 Å². The first-order chi connectivity index (χ1) is 19.1. The summed E-state index contributed by atoms with van der Waals surface area (Å²) in [5, 5.41) is 13.1. The van der Waals surface area contributed by atoms with Crippen LogP contribution in [0.15, 0.2) is 46.5 Å². The monoisotopic (exact) mass is 578 g/mol. The molecular weight excluding hydrogens is 548 g/mol. The molecule has 5 rings (SSSR count). The summed E-state index contributed by atoms with van der Waals surface area (Å²) in [6, 6.07) is 10.6. The summed E-state index contributed by atoms with van der Waals surface area (Å²) in [6.45, 7) is 4.79. The molecule has 9 nitrogen and oxygen atoms in total. The molecule has 2 saturated heterocycles. The second-order valence-corrected chi connectivity index (χ2v) is 11.1. The number of H-pyrrole nitrogens is 1. The summed E-state index contributed by atoms with van der Waals surface area (Å²) in [5.41, 5.74) is 1.16. The van der Waals surface area contributed by atoms with Gasteiger partial charge in [0.25, 0.3) is 0 Å². The number of hydrogen-bond donors (Lipinski definition) is 3. The van der Waals surface area contributed by atoms with Gasteiger partial charge in [-0.3, -0.25) is 14.8 Å². The Kier molecular flexibility index (Phi) is 8.45. The van der Waals surface area contributed by atoms with E-state index in [4.69, 9.17) is 4.98 Å². The van der Waals surface area contributed by atoms with Gasteiger partial charge in [-0.25, -0.2) is 14.4 Å². The second-order valence-electron chi connectivity index (χ2n) is 10.0. The SMILES string of the molecule is Cc1cc(Nc2cc(N3CCC(N4CCC(F)C4)CC3)nc(Sc3ccc(NC(=O)CC(F)(F)F)cc3)n2)n[nH]1. The van der Waals surface area contributed by atoms with Gasteiger partial charge in [-0.05, 0) is 62.2 Å². The van der Waals surface area contributed by atoms with E-state index in [1.54, 1.807) is 12.1 Å². The third-order valence-electron chi connectivity index (χ3n) is 6.83. The van der Waals surface area contributed by atoms with E-state index >= 15 is 0 Å². The Balaban J connectivity index is 1.29. The van der Waals surface area contributed by atoms with Crippen LogP contribution in [0.4, 0.5) is 40.7 Å². The summed E-state index contributed by atoms with van der Waals surface area (Å²) in [6.07, 6.45) is -4.40. The largest absolute Gasteiger partial charge is 0.397 e. The Morgan fingerprint density at radius 2 is 1.82 bits per heavy atom. The number of carbonyl (C=O) groups is 1. The Hall–Kier alpha value is -3.39. The average molecular weight is 579 g/mol. The number of nitrogens with one attached hydrogen (secondary N) is 3. The van der Waals surface area contributed by atoms with Crippen molar-refractivity contribution in [1.29, 1.82) is 0 Å². The maximum absolute atomic E-state index is 13.7. The second kappa shape index (κ2) is 12.0. The first-order valence-electron chi connectivity index (χ1n) is 13.1. The summed E-state index contributed by atoms with van der Waals surface area (Å²) < 4.78 is 51.1. The van der Waals surface area contributed by atoms with Crippen molar-refractivity contribution in [2.24, 2.45) is 0 Å². The van der Waals surface area contributed by atoms with E-state index in [2.05, 4.69) is 35.6 Å². The highest BCUT2D eigenvalue weighted by Crippen LogP contribution is 2.32. The van der Waals surface area contributed by atoms with Crippen molar-refractivity contribution < 1.29 is 22.4 Å². The number of carbonyl (C=O) groups excluding carboxylic acids is 1. The van der Waals surface area contributed by atoms with Gasteiger partial charge in [-0.15, -0.1) is 0 Å². The first kappa shape index (κ1) is 28.1. The molecule has 2 aliphatic rings. The Bertz CT molecular complexity index is 1310. The number of aromatic amines is 1. The van der Waals surface area contributed by atoms with Crippen LogP contribution < -0.4 is 15.5 Å². The van der Waals surface area contributed by atoms with Crippen molar-refractivity contribution in [2.45, 2.75) is 61.0 Å². The third-order valence-corrected chi connectivity index (χ3v) is 7.70. The van der Waals surface area contributed by atoms with Crippen molar-refractivity contribution in [3.8, 4) is 0 Å². The Morgan fingerprint density at radius 3 is 2.45 bits per heavy atom. The van der Waals surface area contributed by atoms with Crippen LogP contribution in [0.25, 0.3) is 0 Å². The van der Waals surface area contributed by atoms with E-state index in [9.17, 15) is 22.4 Å². The van der Waals surface area contributed by atoms with Gasteiger partial charge in [-0.1, -0.05) is 0 Å². The molecule has 14 heteroatoms. The number of nitrogens with zero attached hydrogens (tertiary/aromatic N) is 5. The molecule has 1 atom stereocenters. The molecule has 1 amide bonds. The number of alkyl halides is 4. The highest BCUT2D eigenvalue weighted by atomic mass is 32.2. The first-order valence-corrected chi connectivity index (χ1v) is 13.9. The fourth-order valence-electron chi connectivity index (χ4n) is 4.93. The van der Waals surface area contributed by atoms with Gasteiger partial charge in [0.15, 0.2) is 11.0 Å². The lowest BCUT2D eigenvalue weighted by atomic mass is 10.0. The number of anilines is 4. The van der Waals surface area contributed by atoms with Crippen LogP contribution in [0.2, 0.25) is 0 Å². The summed E-state index contributed by atoms with van der Waals surface area (Å²) in [7, 11) is 0. The fourth-order valence-corrected chi connectivity index (χ4v) is 5.70. The predicted octanol–water partition coefficient (Wildman–Crippen LogP) is 5.31. The molecule has 0 saturated carbocycles. The molecule has 0 radical (unpaired) electrons. The molecule has 3 aromatic rings. The molecule has 3 N–H and O–H groups in total. The molecule has 214 valence electrons. The molecule has 40 heavy (non-hydrogen) atoms. The highest BCUT2D eigenvalue weighted by molar-refractivity contribution is 7.99. The number of aryl methyl sites for hydroxylation is 1. The molecule has 2 aliphatic heterocycles. The maximum atomic E-state index is 13.7. The number of hydrogen-bond acceptors (Lipinski definition) is 8. The van der Waals surface area contributed by atoms with Crippen molar-refractivity contribution in [3.63, 3.8) is 0 Å². The number of halogens is 4. The minimum absolute atomic E-state index is 0.268. The van der Waals surface area contributed by atoms with Crippen LogP contribution in [0.5, 0.6) is 0 Å². The molecular formula is C26H30F4N8OS. The van der Waals surface area contributed by atoms with Gasteiger partial charge >= 0.3 is 6.18 Å². The van der Waals surface area contributed by atoms with Gasteiger partial charge in [0.1, 0.15) is 24.2 Å². The lowest BCUT2D eigenvalue weighted by Crippen LogP contribution is -2.44. The van der Waals surface area contributed by atoms with Gasteiger partial charge in [0.2, 0.25) is 5.91 Å². The predicted molar refractivity (Wildman–Crippen MR) is 145 cm³/mol. The van der Waals surface area contributed by atoms with Crippen LogP contribution >= 0.6 is 11.8 Å². The van der Waals surface area contributed by atoms with E-state index < -0.39 is 24.7 Å². The number of rotatable bonds is 8. The van der Waals surface area contributed by atoms with Gasteiger partial charge < -0.3 is 15.5 Å². The van der Waals surface area contributed by atoms with Crippen LogP contribution in [0.3, 0.4) is 0 Å². The molecule has 0 spiro atoms. The molecule has 4 heterocycles. The van der Waals surface area contributed by atoms with Gasteiger partial charge in [0.05, 0.1) is 0 Å². The van der Waals surface area contributed by atoms with E-state index in [1.807, 2.05) is 19.1 Å². The Labute approximate surface area is 233 Å². The fraction of sp³-hybridized carbons (Fsp3) is 0.462. The van der Waals surface area contributed by atoms with Crippen molar-refractivity contribution in [1.82, 2.24) is 25.1 Å².